The number of amides is 1. The molecular formula is C17H13NOS2. The van der Waals surface area contributed by atoms with Crippen molar-refractivity contribution < 1.29 is 4.79 Å². The summed E-state index contributed by atoms with van der Waals surface area (Å²) in [5.41, 5.74) is 2.09. The topological polar surface area (TPSA) is 20.3 Å². The summed E-state index contributed by atoms with van der Waals surface area (Å²) in [6.07, 6.45) is 1.89. The highest BCUT2D eigenvalue weighted by atomic mass is 32.2. The maximum absolute atomic E-state index is 12.5. The van der Waals surface area contributed by atoms with Crippen molar-refractivity contribution in [1.29, 1.82) is 0 Å². The van der Waals surface area contributed by atoms with Gasteiger partial charge in [-0.2, -0.15) is 0 Å². The van der Waals surface area contributed by atoms with Gasteiger partial charge < -0.3 is 0 Å². The number of hydrogen-bond acceptors (Lipinski definition) is 3. The van der Waals surface area contributed by atoms with Crippen molar-refractivity contribution >= 4 is 40.3 Å². The van der Waals surface area contributed by atoms with Crippen molar-refractivity contribution in [2.45, 2.75) is 6.54 Å². The summed E-state index contributed by atoms with van der Waals surface area (Å²) < 4.78 is 0.617. The summed E-state index contributed by atoms with van der Waals surface area (Å²) in [4.78, 5) is 14.8. The van der Waals surface area contributed by atoms with Crippen LogP contribution in [0, 0.1) is 0 Å². The zero-order valence-corrected chi connectivity index (χ0v) is 12.9. The molecule has 21 heavy (non-hydrogen) atoms. The van der Waals surface area contributed by atoms with E-state index in [4.69, 9.17) is 12.2 Å². The zero-order chi connectivity index (χ0) is 14.7. The molecule has 0 aromatic heterocycles. The number of thioether (sulfide) groups is 1. The molecule has 1 heterocycles. The molecule has 4 heteroatoms. The molecule has 0 N–H and O–H groups in total. The number of nitrogens with zero attached hydrogens (tertiary/aromatic N) is 1. The lowest BCUT2D eigenvalue weighted by molar-refractivity contribution is -0.122. The van der Waals surface area contributed by atoms with Crippen molar-refractivity contribution in [2.75, 3.05) is 0 Å². The number of carbonyl (C=O) groups excluding carboxylic acids is 1. The van der Waals surface area contributed by atoms with Crippen LogP contribution in [0.2, 0.25) is 0 Å². The highest BCUT2D eigenvalue weighted by Gasteiger charge is 2.31. The lowest BCUT2D eigenvalue weighted by Crippen LogP contribution is -2.27. The Bertz CT molecular complexity index is 695. The zero-order valence-electron chi connectivity index (χ0n) is 11.2. The number of rotatable bonds is 3. The molecule has 0 atom stereocenters. The second-order valence-corrected chi connectivity index (χ2v) is 6.34. The molecule has 2 aromatic carbocycles. The monoisotopic (exact) mass is 311 g/mol. The van der Waals surface area contributed by atoms with Crippen molar-refractivity contribution in [3.05, 3.63) is 76.7 Å². The van der Waals surface area contributed by atoms with Crippen LogP contribution in [0.15, 0.2) is 65.6 Å². The predicted octanol–water partition coefficient (Wildman–Crippen LogP) is 4.09. The number of thiocarbonyl (C=S) groups is 1. The SMILES string of the molecule is O=C1/C(=C\c2ccccc2)SC(=S)N1Cc1ccccc1. The molecule has 1 saturated heterocycles. The molecule has 1 fully saturated rings. The Kier molecular flexibility index (Phi) is 4.18. The average molecular weight is 311 g/mol. The first kappa shape index (κ1) is 14.0. The van der Waals surface area contributed by atoms with Crippen LogP contribution in [0.4, 0.5) is 0 Å². The molecule has 1 aliphatic rings. The van der Waals surface area contributed by atoms with Crippen LogP contribution in [0.5, 0.6) is 0 Å². The van der Waals surface area contributed by atoms with Crippen LogP contribution in [-0.4, -0.2) is 15.1 Å². The molecule has 1 amide bonds. The minimum Gasteiger partial charge on any atom is -0.288 e. The molecule has 0 spiro atoms. The van der Waals surface area contributed by atoms with Crippen molar-refractivity contribution in [3.63, 3.8) is 0 Å². The predicted molar refractivity (Wildman–Crippen MR) is 91.6 cm³/mol. The van der Waals surface area contributed by atoms with Gasteiger partial charge in [0, 0.05) is 0 Å². The normalized spacial score (nSPS) is 16.8. The minimum atomic E-state index is -0.0160. The van der Waals surface area contributed by atoms with E-state index in [0.717, 1.165) is 11.1 Å². The fourth-order valence-electron chi connectivity index (χ4n) is 2.10. The standard InChI is InChI=1S/C17H13NOS2/c19-16-15(11-13-7-3-1-4-8-13)21-17(20)18(16)12-14-9-5-2-6-10-14/h1-11H,12H2/b15-11+. The Morgan fingerprint density at radius 2 is 1.62 bits per heavy atom. The van der Waals surface area contributed by atoms with Gasteiger partial charge in [0.25, 0.3) is 5.91 Å². The first-order valence-electron chi connectivity index (χ1n) is 6.58. The van der Waals surface area contributed by atoms with E-state index in [1.165, 1.54) is 11.8 Å². The summed E-state index contributed by atoms with van der Waals surface area (Å²) >= 11 is 6.70. The number of carbonyl (C=O) groups is 1. The first-order chi connectivity index (χ1) is 10.2. The van der Waals surface area contributed by atoms with E-state index in [-0.39, 0.29) is 5.91 Å². The minimum absolute atomic E-state index is 0.0160. The highest BCUT2D eigenvalue weighted by molar-refractivity contribution is 8.26. The van der Waals surface area contributed by atoms with Crippen molar-refractivity contribution in [2.24, 2.45) is 0 Å². The maximum Gasteiger partial charge on any atom is 0.266 e. The van der Waals surface area contributed by atoms with Gasteiger partial charge in [-0.3, -0.25) is 9.69 Å². The van der Waals surface area contributed by atoms with E-state index in [9.17, 15) is 4.79 Å². The van der Waals surface area contributed by atoms with Gasteiger partial charge in [0.2, 0.25) is 0 Å². The lowest BCUT2D eigenvalue weighted by Gasteiger charge is -2.14. The molecule has 2 nitrogen and oxygen atoms in total. The van der Waals surface area contributed by atoms with Gasteiger partial charge in [-0.05, 0) is 17.2 Å². The molecule has 2 aromatic rings. The van der Waals surface area contributed by atoms with Crippen LogP contribution < -0.4 is 0 Å². The molecule has 0 bridgehead atoms. The van der Waals surface area contributed by atoms with E-state index >= 15 is 0 Å². The maximum atomic E-state index is 12.5. The smallest absolute Gasteiger partial charge is 0.266 e. The Morgan fingerprint density at radius 1 is 1.00 bits per heavy atom. The van der Waals surface area contributed by atoms with Gasteiger partial charge in [0.05, 0.1) is 11.4 Å². The number of benzene rings is 2. The molecular weight excluding hydrogens is 298 g/mol. The van der Waals surface area contributed by atoms with E-state index < -0.39 is 0 Å². The van der Waals surface area contributed by atoms with E-state index in [1.807, 2.05) is 66.7 Å². The Morgan fingerprint density at radius 3 is 2.29 bits per heavy atom. The molecule has 1 aliphatic heterocycles. The quantitative estimate of drug-likeness (QED) is 0.629. The van der Waals surface area contributed by atoms with Crippen LogP contribution in [-0.2, 0) is 11.3 Å². The molecule has 0 aliphatic carbocycles. The summed E-state index contributed by atoms with van der Waals surface area (Å²) in [5, 5.41) is 0. The fourth-order valence-corrected chi connectivity index (χ4v) is 3.36. The fraction of sp³-hybridized carbons (Fsp3) is 0.0588. The highest BCUT2D eigenvalue weighted by Crippen LogP contribution is 2.33. The first-order valence-corrected chi connectivity index (χ1v) is 7.81. The van der Waals surface area contributed by atoms with Crippen molar-refractivity contribution in [3.8, 4) is 0 Å². The Balaban J connectivity index is 1.81. The molecule has 3 rings (SSSR count). The summed E-state index contributed by atoms with van der Waals surface area (Å²) in [6.45, 7) is 0.525. The summed E-state index contributed by atoms with van der Waals surface area (Å²) in [6, 6.07) is 19.7. The van der Waals surface area contributed by atoms with Crippen LogP contribution >= 0.6 is 24.0 Å². The third kappa shape index (κ3) is 3.23. The van der Waals surface area contributed by atoms with Crippen LogP contribution in [0.1, 0.15) is 11.1 Å². The lowest BCUT2D eigenvalue weighted by atomic mass is 10.2. The van der Waals surface area contributed by atoms with E-state index in [1.54, 1.807) is 4.90 Å². The third-order valence-electron chi connectivity index (χ3n) is 3.15. The molecule has 0 radical (unpaired) electrons. The number of hydrogen-bond donors (Lipinski definition) is 0. The van der Waals surface area contributed by atoms with E-state index in [0.29, 0.717) is 15.8 Å². The van der Waals surface area contributed by atoms with E-state index in [2.05, 4.69) is 0 Å². The van der Waals surface area contributed by atoms with Crippen molar-refractivity contribution in [1.82, 2.24) is 4.90 Å². The van der Waals surface area contributed by atoms with Gasteiger partial charge >= 0.3 is 0 Å². The third-order valence-corrected chi connectivity index (χ3v) is 4.53. The summed E-state index contributed by atoms with van der Waals surface area (Å²) in [5.74, 6) is -0.0160. The van der Waals surface area contributed by atoms with Gasteiger partial charge in [-0.15, -0.1) is 0 Å². The second kappa shape index (κ2) is 6.24. The second-order valence-electron chi connectivity index (χ2n) is 4.66. The van der Waals surface area contributed by atoms with Gasteiger partial charge in [0.1, 0.15) is 4.32 Å². The summed E-state index contributed by atoms with van der Waals surface area (Å²) in [7, 11) is 0. The molecule has 104 valence electrons. The largest absolute Gasteiger partial charge is 0.288 e. The Labute approximate surface area is 133 Å². The molecule has 0 saturated carbocycles. The average Bonchev–Trinajstić information content (AvgIpc) is 2.77. The van der Waals surface area contributed by atoms with Gasteiger partial charge in [-0.1, -0.05) is 84.6 Å². The van der Waals surface area contributed by atoms with Crippen LogP contribution in [0.25, 0.3) is 6.08 Å². The Hall–Kier alpha value is -1.91. The van der Waals surface area contributed by atoms with Crippen LogP contribution in [0.3, 0.4) is 0 Å². The van der Waals surface area contributed by atoms with Gasteiger partial charge in [-0.25, -0.2) is 0 Å². The van der Waals surface area contributed by atoms with Gasteiger partial charge in [0.15, 0.2) is 0 Å². The molecule has 0 unspecified atom stereocenters.